The number of rotatable bonds is 10. The molecule has 1 aromatic rings. The Balaban J connectivity index is 1.99. The second-order valence-electron chi connectivity index (χ2n) is 7.23. The Morgan fingerprint density at radius 3 is 2.28 bits per heavy atom. The lowest BCUT2D eigenvalue weighted by atomic mass is 9.93. The summed E-state index contributed by atoms with van der Waals surface area (Å²) < 4.78 is 10.0. The number of hydrogen-bond acceptors (Lipinski definition) is 8. The first-order valence-corrected chi connectivity index (χ1v) is 11.3. The lowest BCUT2D eigenvalue weighted by Gasteiger charge is -2.22. The standard InChI is InChI=1S/C21H29N3O7S/c1-6-13-12(5)32-17(16(13)18(27)30-9-4)22-14(25)11-31-15(26)10-24-19(28)21(7-2,8-3)23-20(24)29/h6-11H2,1-5H3,(H,22,25)(H,23,29). The van der Waals surface area contributed by atoms with Gasteiger partial charge in [0.05, 0.1) is 12.2 Å². The number of thiophene rings is 1. The second-order valence-corrected chi connectivity index (χ2v) is 8.46. The van der Waals surface area contributed by atoms with Crippen molar-refractivity contribution in [3.63, 3.8) is 0 Å². The van der Waals surface area contributed by atoms with Crippen LogP contribution in [0.15, 0.2) is 0 Å². The first kappa shape index (κ1) is 25.3. The Morgan fingerprint density at radius 2 is 1.75 bits per heavy atom. The molecule has 0 atom stereocenters. The van der Waals surface area contributed by atoms with E-state index in [1.807, 2.05) is 13.8 Å². The minimum absolute atomic E-state index is 0.196. The van der Waals surface area contributed by atoms with Crippen molar-refractivity contribution < 1.29 is 33.4 Å². The molecule has 2 N–H and O–H groups in total. The molecule has 1 saturated heterocycles. The molecule has 32 heavy (non-hydrogen) atoms. The number of nitrogens with zero attached hydrogens (tertiary/aromatic N) is 1. The summed E-state index contributed by atoms with van der Waals surface area (Å²) in [6.45, 7) is 7.95. The summed E-state index contributed by atoms with van der Waals surface area (Å²) in [5.41, 5.74) is 0.0627. The van der Waals surface area contributed by atoms with Crippen LogP contribution in [0, 0.1) is 6.92 Å². The van der Waals surface area contributed by atoms with Crippen LogP contribution in [0.25, 0.3) is 0 Å². The van der Waals surface area contributed by atoms with E-state index < -0.39 is 48.5 Å². The van der Waals surface area contributed by atoms with Gasteiger partial charge in [0.2, 0.25) is 0 Å². The number of carbonyl (C=O) groups excluding carboxylic acids is 5. The zero-order valence-corrected chi connectivity index (χ0v) is 19.8. The Hall–Kier alpha value is -2.95. The maximum atomic E-state index is 12.5. The third-order valence-electron chi connectivity index (χ3n) is 5.40. The van der Waals surface area contributed by atoms with Crippen molar-refractivity contribution in [3.8, 4) is 0 Å². The molecule has 11 heteroatoms. The molecule has 1 aliphatic rings. The van der Waals surface area contributed by atoms with Crippen LogP contribution in [-0.4, -0.2) is 60.0 Å². The van der Waals surface area contributed by atoms with Crippen molar-refractivity contribution in [3.05, 3.63) is 16.0 Å². The van der Waals surface area contributed by atoms with Crippen molar-refractivity contribution in [1.29, 1.82) is 0 Å². The first-order chi connectivity index (χ1) is 15.1. The third-order valence-corrected chi connectivity index (χ3v) is 6.46. The van der Waals surface area contributed by atoms with Crippen LogP contribution >= 0.6 is 11.3 Å². The van der Waals surface area contributed by atoms with Crippen LogP contribution in [0.5, 0.6) is 0 Å². The third kappa shape index (κ3) is 5.09. The number of hydrogen-bond donors (Lipinski definition) is 2. The van der Waals surface area contributed by atoms with Crippen LogP contribution in [0.3, 0.4) is 0 Å². The van der Waals surface area contributed by atoms with Crippen LogP contribution < -0.4 is 10.6 Å². The van der Waals surface area contributed by atoms with Crippen molar-refractivity contribution in [2.75, 3.05) is 25.1 Å². The maximum absolute atomic E-state index is 12.5. The molecular formula is C21H29N3O7S. The Bertz CT molecular complexity index is 921. The maximum Gasteiger partial charge on any atom is 0.341 e. The highest BCUT2D eigenvalue weighted by Gasteiger charge is 2.49. The average Bonchev–Trinajstić information content (AvgIpc) is 3.20. The van der Waals surface area contributed by atoms with Crippen molar-refractivity contribution in [2.24, 2.45) is 0 Å². The molecule has 10 nitrogen and oxygen atoms in total. The van der Waals surface area contributed by atoms with Gasteiger partial charge in [0.15, 0.2) is 6.61 Å². The van der Waals surface area contributed by atoms with Gasteiger partial charge in [-0.25, -0.2) is 9.59 Å². The Labute approximate surface area is 190 Å². The van der Waals surface area contributed by atoms with Gasteiger partial charge in [-0.2, -0.15) is 0 Å². The van der Waals surface area contributed by atoms with Crippen molar-refractivity contribution in [2.45, 2.75) is 59.4 Å². The summed E-state index contributed by atoms with van der Waals surface area (Å²) >= 11 is 1.23. The Kier molecular flexibility index (Phi) is 8.37. The molecule has 176 valence electrons. The van der Waals surface area contributed by atoms with Gasteiger partial charge in [-0.15, -0.1) is 11.3 Å². The van der Waals surface area contributed by atoms with Crippen LogP contribution in [0.2, 0.25) is 0 Å². The largest absolute Gasteiger partial charge is 0.462 e. The molecule has 0 aromatic carbocycles. The van der Waals surface area contributed by atoms with E-state index in [2.05, 4.69) is 10.6 Å². The number of ether oxygens (including phenoxy) is 2. The molecule has 2 heterocycles. The smallest absolute Gasteiger partial charge is 0.341 e. The Morgan fingerprint density at radius 1 is 1.09 bits per heavy atom. The van der Waals surface area contributed by atoms with E-state index >= 15 is 0 Å². The molecule has 0 aliphatic carbocycles. The zero-order valence-electron chi connectivity index (χ0n) is 19.0. The molecular weight excluding hydrogens is 438 g/mol. The molecule has 0 spiro atoms. The van der Waals surface area contributed by atoms with Crippen LogP contribution in [0.4, 0.5) is 9.80 Å². The average molecular weight is 468 g/mol. The van der Waals surface area contributed by atoms with Crippen molar-refractivity contribution in [1.82, 2.24) is 10.2 Å². The van der Waals surface area contributed by atoms with E-state index in [4.69, 9.17) is 9.47 Å². The van der Waals surface area contributed by atoms with Gasteiger partial charge in [-0.05, 0) is 38.7 Å². The highest BCUT2D eigenvalue weighted by Crippen LogP contribution is 2.34. The molecule has 1 aromatic heterocycles. The summed E-state index contributed by atoms with van der Waals surface area (Å²) in [5.74, 6) is -2.57. The summed E-state index contributed by atoms with van der Waals surface area (Å²) in [6.07, 6.45) is 1.37. The number of amides is 4. The molecule has 0 radical (unpaired) electrons. The monoisotopic (exact) mass is 467 g/mol. The molecule has 2 rings (SSSR count). The summed E-state index contributed by atoms with van der Waals surface area (Å²) in [5, 5.41) is 5.53. The second kappa shape index (κ2) is 10.6. The topological polar surface area (TPSA) is 131 Å². The van der Waals surface area contributed by atoms with E-state index in [-0.39, 0.29) is 6.61 Å². The molecule has 0 saturated carbocycles. The predicted octanol–water partition coefficient (Wildman–Crippen LogP) is 2.39. The molecule has 1 fully saturated rings. The predicted molar refractivity (Wildman–Crippen MR) is 118 cm³/mol. The SMILES string of the molecule is CCOC(=O)c1c(NC(=O)COC(=O)CN2C(=O)NC(CC)(CC)C2=O)sc(C)c1CC. The van der Waals surface area contributed by atoms with Crippen molar-refractivity contribution >= 4 is 46.1 Å². The fraction of sp³-hybridized carbons (Fsp3) is 0.571. The fourth-order valence-electron chi connectivity index (χ4n) is 3.54. The highest BCUT2D eigenvalue weighted by atomic mass is 32.1. The number of esters is 2. The molecule has 1 aliphatic heterocycles. The minimum atomic E-state index is -1.02. The molecule has 0 unspecified atom stereocenters. The number of imide groups is 1. The summed E-state index contributed by atoms with van der Waals surface area (Å²) in [7, 11) is 0. The zero-order chi connectivity index (χ0) is 24.1. The molecule has 0 bridgehead atoms. The van der Waals surface area contributed by atoms with E-state index in [0.29, 0.717) is 29.8 Å². The van der Waals surface area contributed by atoms with Crippen LogP contribution in [-0.2, 0) is 30.3 Å². The first-order valence-electron chi connectivity index (χ1n) is 10.5. The number of aryl methyl sites for hydroxylation is 1. The lowest BCUT2D eigenvalue weighted by Crippen LogP contribution is -2.46. The number of nitrogens with one attached hydrogen (secondary N) is 2. The normalized spacial score (nSPS) is 14.8. The van der Waals surface area contributed by atoms with Gasteiger partial charge in [-0.3, -0.25) is 19.3 Å². The van der Waals surface area contributed by atoms with Gasteiger partial charge < -0.3 is 20.1 Å². The lowest BCUT2D eigenvalue weighted by molar-refractivity contribution is -0.150. The highest BCUT2D eigenvalue weighted by molar-refractivity contribution is 7.16. The quantitative estimate of drug-likeness (QED) is 0.399. The number of urea groups is 1. The van der Waals surface area contributed by atoms with Gasteiger partial charge in [-0.1, -0.05) is 20.8 Å². The minimum Gasteiger partial charge on any atom is -0.462 e. The van der Waals surface area contributed by atoms with Gasteiger partial charge in [0, 0.05) is 4.88 Å². The van der Waals surface area contributed by atoms with E-state index in [1.165, 1.54) is 11.3 Å². The number of anilines is 1. The summed E-state index contributed by atoms with van der Waals surface area (Å²) in [4.78, 5) is 63.1. The fourth-order valence-corrected chi connectivity index (χ4v) is 4.69. The van der Waals surface area contributed by atoms with Crippen LogP contribution in [0.1, 0.15) is 61.3 Å². The number of carbonyl (C=O) groups is 5. The van der Waals surface area contributed by atoms with Gasteiger partial charge in [0.1, 0.15) is 17.1 Å². The summed E-state index contributed by atoms with van der Waals surface area (Å²) in [6, 6.07) is -0.666. The van der Waals surface area contributed by atoms with Gasteiger partial charge in [0.25, 0.3) is 11.8 Å². The molecule has 4 amide bonds. The van der Waals surface area contributed by atoms with E-state index in [1.54, 1.807) is 20.8 Å². The van der Waals surface area contributed by atoms with Gasteiger partial charge >= 0.3 is 18.0 Å². The van der Waals surface area contributed by atoms with E-state index in [9.17, 15) is 24.0 Å². The van der Waals surface area contributed by atoms with E-state index in [0.717, 1.165) is 15.3 Å².